The van der Waals surface area contributed by atoms with E-state index in [0.29, 0.717) is 0 Å². The molecule has 116 valence electrons. The molecule has 0 bridgehead atoms. The van der Waals surface area contributed by atoms with E-state index in [-0.39, 0.29) is 23.0 Å². The molecule has 8 heteroatoms. The lowest BCUT2D eigenvalue weighted by molar-refractivity contribution is -0.141. The maximum absolute atomic E-state index is 12.7. The first-order chi connectivity index (χ1) is 10.2. The number of carbonyl (C=O) groups excluding carboxylic acids is 2. The maximum Gasteiger partial charge on any atom is 0.296 e. The van der Waals surface area contributed by atoms with E-state index in [0.717, 1.165) is 6.08 Å². The minimum Gasteiger partial charge on any atom is -0.401 e. The van der Waals surface area contributed by atoms with Crippen molar-refractivity contribution in [3.8, 4) is 0 Å². The van der Waals surface area contributed by atoms with Crippen LogP contribution >= 0.6 is 0 Å². The Balaban J connectivity index is 2.17. The molecule has 1 fully saturated rings. The van der Waals surface area contributed by atoms with Gasteiger partial charge in [0.25, 0.3) is 10.1 Å². The number of fused-ring (bicyclic) bond motifs is 2. The number of nitrogens with two attached hydrogens (primary N) is 2. The number of ketones is 2. The summed E-state index contributed by atoms with van der Waals surface area (Å²) in [6, 6.07) is 0. The molecule has 1 saturated carbocycles. The third-order valence-corrected chi connectivity index (χ3v) is 5.20. The van der Waals surface area contributed by atoms with Gasteiger partial charge in [-0.15, -0.1) is 0 Å². The van der Waals surface area contributed by atoms with Gasteiger partial charge in [-0.1, -0.05) is 24.3 Å². The first kappa shape index (κ1) is 14.7. The summed E-state index contributed by atoms with van der Waals surface area (Å²) in [6.07, 6.45) is 7.51. The van der Waals surface area contributed by atoms with Crippen molar-refractivity contribution in [2.75, 3.05) is 0 Å². The lowest BCUT2D eigenvalue weighted by Gasteiger charge is -2.40. The Hall–Kier alpha value is -2.19. The predicted molar refractivity (Wildman–Crippen MR) is 77.3 cm³/mol. The summed E-state index contributed by atoms with van der Waals surface area (Å²) in [4.78, 5) is 24.7. The zero-order chi connectivity index (χ0) is 16.2. The molecular weight excluding hydrogens is 308 g/mol. The maximum atomic E-state index is 12.7. The fourth-order valence-corrected chi connectivity index (χ4v) is 3.99. The first-order valence-corrected chi connectivity index (χ1v) is 8.04. The number of allylic oxidation sites excluding steroid dienone is 7. The van der Waals surface area contributed by atoms with Crippen molar-refractivity contribution in [3.63, 3.8) is 0 Å². The van der Waals surface area contributed by atoms with Gasteiger partial charge < -0.3 is 11.5 Å². The van der Waals surface area contributed by atoms with E-state index >= 15 is 0 Å². The monoisotopic (exact) mass is 322 g/mol. The topological polar surface area (TPSA) is 141 Å². The van der Waals surface area contributed by atoms with Crippen LogP contribution < -0.4 is 11.5 Å². The molecule has 4 atom stereocenters. The van der Waals surface area contributed by atoms with Gasteiger partial charge in [0.05, 0.1) is 11.8 Å². The van der Waals surface area contributed by atoms with E-state index in [1.807, 2.05) is 0 Å². The molecule has 0 aromatic carbocycles. The van der Waals surface area contributed by atoms with Crippen LogP contribution in [0.25, 0.3) is 0 Å². The number of hydrogen-bond acceptors (Lipinski definition) is 6. The highest BCUT2D eigenvalue weighted by molar-refractivity contribution is 7.90. The zero-order valence-corrected chi connectivity index (χ0v) is 12.2. The van der Waals surface area contributed by atoms with Crippen molar-refractivity contribution in [2.45, 2.75) is 0 Å². The summed E-state index contributed by atoms with van der Waals surface area (Å²) in [5.41, 5.74) is 11.2. The molecule has 0 saturated heterocycles. The van der Waals surface area contributed by atoms with Crippen LogP contribution in [0.4, 0.5) is 0 Å². The Morgan fingerprint density at radius 2 is 1.45 bits per heavy atom. The van der Waals surface area contributed by atoms with Crippen LogP contribution in [-0.2, 0) is 19.7 Å². The average molecular weight is 322 g/mol. The summed E-state index contributed by atoms with van der Waals surface area (Å²) < 4.78 is 32.0. The smallest absolute Gasteiger partial charge is 0.296 e. The van der Waals surface area contributed by atoms with Crippen LogP contribution in [-0.4, -0.2) is 24.5 Å². The predicted octanol–water partition coefficient (Wildman–Crippen LogP) is -0.357. The second-order valence-corrected chi connectivity index (χ2v) is 6.91. The lowest BCUT2D eigenvalue weighted by Crippen LogP contribution is -2.51. The van der Waals surface area contributed by atoms with Gasteiger partial charge in [-0.2, -0.15) is 8.42 Å². The van der Waals surface area contributed by atoms with Crippen LogP contribution in [0.3, 0.4) is 0 Å². The molecule has 7 nitrogen and oxygen atoms in total. The molecule has 3 rings (SSSR count). The third kappa shape index (κ3) is 1.95. The summed E-state index contributed by atoms with van der Waals surface area (Å²) in [6.45, 7) is 0. The first-order valence-electron chi connectivity index (χ1n) is 6.60. The largest absolute Gasteiger partial charge is 0.401 e. The van der Waals surface area contributed by atoms with Crippen molar-refractivity contribution < 1.29 is 22.6 Å². The van der Waals surface area contributed by atoms with Crippen molar-refractivity contribution in [2.24, 2.45) is 35.1 Å². The fourth-order valence-electron chi connectivity index (χ4n) is 3.28. The van der Waals surface area contributed by atoms with Crippen LogP contribution in [0.15, 0.2) is 46.7 Å². The minimum absolute atomic E-state index is 0.0772. The molecule has 3 aliphatic rings. The summed E-state index contributed by atoms with van der Waals surface area (Å²) in [7, 11) is -4.63. The van der Waals surface area contributed by atoms with Crippen molar-refractivity contribution in [1.29, 1.82) is 0 Å². The van der Waals surface area contributed by atoms with Gasteiger partial charge in [0.15, 0.2) is 11.6 Å². The highest BCUT2D eigenvalue weighted by Gasteiger charge is 2.52. The molecule has 0 aromatic heterocycles. The highest BCUT2D eigenvalue weighted by atomic mass is 32.2. The zero-order valence-electron chi connectivity index (χ0n) is 11.3. The van der Waals surface area contributed by atoms with Gasteiger partial charge in [0.2, 0.25) is 0 Å². The van der Waals surface area contributed by atoms with Gasteiger partial charge >= 0.3 is 0 Å². The quantitative estimate of drug-likeness (QED) is 0.560. The van der Waals surface area contributed by atoms with Gasteiger partial charge in [0.1, 0.15) is 4.91 Å². The van der Waals surface area contributed by atoms with Gasteiger partial charge in [-0.05, 0) is 6.08 Å². The third-order valence-electron chi connectivity index (χ3n) is 4.29. The summed E-state index contributed by atoms with van der Waals surface area (Å²) >= 11 is 0. The Labute approximate surface area is 126 Å². The van der Waals surface area contributed by atoms with Crippen LogP contribution in [0.2, 0.25) is 0 Å². The van der Waals surface area contributed by atoms with Crippen LogP contribution in [0, 0.1) is 23.7 Å². The number of hydrogen-bond donors (Lipinski definition) is 3. The van der Waals surface area contributed by atoms with Crippen molar-refractivity contribution in [3.05, 3.63) is 46.7 Å². The normalized spacial score (nSPS) is 34.3. The van der Waals surface area contributed by atoms with Gasteiger partial charge in [-0.3, -0.25) is 14.1 Å². The standard InChI is InChI=1S/C14H14N2O5S/c15-8-5-9(22(19,20)21)12(16)11-10(8)13(17)6-3-1-2-4-7(6)14(11)18/h1-7,10-11H,15-16H2,(H,19,20,21). The Bertz CT molecular complexity index is 803. The highest BCUT2D eigenvalue weighted by Crippen LogP contribution is 2.43. The van der Waals surface area contributed by atoms with Crippen LogP contribution in [0.1, 0.15) is 0 Å². The molecule has 0 radical (unpaired) electrons. The molecule has 5 N–H and O–H groups in total. The van der Waals surface area contributed by atoms with E-state index in [2.05, 4.69) is 0 Å². The van der Waals surface area contributed by atoms with E-state index in [1.165, 1.54) is 0 Å². The number of rotatable bonds is 1. The Morgan fingerprint density at radius 3 is 1.95 bits per heavy atom. The van der Waals surface area contributed by atoms with Crippen molar-refractivity contribution >= 4 is 21.7 Å². The van der Waals surface area contributed by atoms with Gasteiger partial charge in [0, 0.05) is 23.2 Å². The summed E-state index contributed by atoms with van der Waals surface area (Å²) in [5.74, 6) is -4.11. The molecule has 3 aliphatic carbocycles. The lowest BCUT2D eigenvalue weighted by atomic mass is 9.62. The fraction of sp³-hybridized carbons (Fsp3) is 0.286. The van der Waals surface area contributed by atoms with E-state index in [9.17, 15) is 22.6 Å². The van der Waals surface area contributed by atoms with Crippen molar-refractivity contribution in [1.82, 2.24) is 0 Å². The van der Waals surface area contributed by atoms with Crippen LogP contribution in [0.5, 0.6) is 0 Å². The molecule has 0 amide bonds. The Morgan fingerprint density at radius 1 is 0.955 bits per heavy atom. The second-order valence-electron chi connectivity index (χ2n) is 5.52. The molecule has 0 aromatic rings. The number of Topliss-reactive ketones (excluding diaryl/α,β-unsaturated/α-hetero) is 2. The second kappa shape index (κ2) is 4.65. The minimum atomic E-state index is -4.63. The molecule has 0 spiro atoms. The van der Waals surface area contributed by atoms with E-state index in [1.54, 1.807) is 24.3 Å². The number of carbonyl (C=O) groups is 2. The van der Waals surface area contributed by atoms with E-state index < -0.39 is 38.7 Å². The molecular formula is C14H14N2O5S. The van der Waals surface area contributed by atoms with E-state index in [4.69, 9.17) is 11.5 Å². The molecule has 0 heterocycles. The molecule has 4 unspecified atom stereocenters. The summed E-state index contributed by atoms with van der Waals surface area (Å²) in [5, 5.41) is 0. The molecule has 22 heavy (non-hydrogen) atoms. The molecule has 0 aliphatic heterocycles. The van der Waals surface area contributed by atoms with Gasteiger partial charge in [-0.25, -0.2) is 0 Å². The Kier molecular flexibility index (Phi) is 3.12. The average Bonchev–Trinajstić information content (AvgIpc) is 2.45. The SMILES string of the molecule is NC1=CC(S(=O)(=O)O)=C(N)C2C(=O)C3C=CC=CC3C(=O)C12.